The topological polar surface area (TPSA) is 48.5 Å². The van der Waals surface area contributed by atoms with Gasteiger partial charge >= 0.3 is 6.03 Å². The molecule has 0 radical (unpaired) electrons. The Balaban J connectivity index is 0.000000948. The number of carbonyl (C=O) groups excluding carboxylic acids is 1. The number of aromatic nitrogens is 1. The molecule has 4 rings (SSSR count). The molecule has 26 heavy (non-hydrogen) atoms. The molecule has 0 saturated carbocycles. The maximum Gasteiger partial charge on any atom is 0.322 e. The summed E-state index contributed by atoms with van der Waals surface area (Å²) in [5.41, 5.74) is 3.35. The van der Waals surface area contributed by atoms with Gasteiger partial charge in [-0.2, -0.15) is 0 Å². The molecule has 1 N–H and O–H groups in total. The van der Waals surface area contributed by atoms with Crippen LogP contribution in [0.5, 0.6) is 0 Å². The molecule has 5 heteroatoms. The van der Waals surface area contributed by atoms with E-state index in [2.05, 4.69) is 45.5 Å². The zero-order chi connectivity index (χ0) is 18.4. The van der Waals surface area contributed by atoms with Gasteiger partial charge in [-0.3, -0.25) is 9.88 Å². The van der Waals surface area contributed by atoms with Crippen molar-refractivity contribution in [1.29, 1.82) is 0 Å². The van der Waals surface area contributed by atoms with E-state index < -0.39 is 0 Å². The van der Waals surface area contributed by atoms with E-state index in [0.717, 1.165) is 43.7 Å². The second kappa shape index (κ2) is 8.81. The average molecular weight is 352 g/mol. The summed E-state index contributed by atoms with van der Waals surface area (Å²) in [4.78, 5) is 20.9. The van der Waals surface area contributed by atoms with Gasteiger partial charge in [-0.15, -0.1) is 0 Å². The van der Waals surface area contributed by atoms with E-state index in [1.807, 2.05) is 24.8 Å². The molecule has 1 saturated heterocycles. The van der Waals surface area contributed by atoms with Gasteiger partial charge in [0.05, 0.1) is 11.9 Å². The standard InChI is InChI=1S/C19H22N4O.C2H6/c24-19-21-18-12-20-9-6-16(18)14-23(19)17-7-10-22(11-8-17)13-15-4-2-1-3-5-15;1-2/h1-6,9,12,17H,7-8,10-11,13-14H2,(H,21,24);1-2H3. The minimum Gasteiger partial charge on any atom is -0.317 e. The van der Waals surface area contributed by atoms with E-state index >= 15 is 0 Å². The summed E-state index contributed by atoms with van der Waals surface area (Å²) in [5, 5.41) is 2.97. The van der Waals surface area contributed by atoms with Crippen LogP contribution in [-0.4, -0.2) is 39.9 Å². The molecule has 0 bridgehead atoms. The summed E-state index contributed by atoms with van der Waals surface area (Å²) in [7, 11) is 0. The van der Waals surface area contributed by atoms with Crippen LogP contribution in [0.2, 0.25) is 0 Å². The van der Waals surface area contributed by atoms with E-state index in [1.54, 1.807) is 12.4 Å². The largest absolute Gasteiger partial charge is 0.322 e. The third-order valence-electron chi connectivity index (χ3n) is 5.00. The lowest BCUT2D eigenvalue weighted by atomic mass is 10.0. The number of nitrogens with zero attached hydrogens (tertiary/aromatic N) is 3. The van der Waals surface area contributed by atoms with Gasteiger partial charge in [0.25, 0.3) is 0 Å². The molecule has 138 valence electrons. The highest BCUT2D eigenvalue weighted by Gasteiger charge is 2.31. The molecule has 5 nitrogen and oxygen atoms in total. The molecule has 0 unspecified atom stereocenters. The quantitative estimate of drug-likeness (QED) is 0.904. The smallest absolute Gasteiger partial charge is 0.317 e. The van der Waals surface area contributed by atoms with Crippen LogP contribution in [0.1, 0.15) is 37.8 Å². The first-order valence-corrected chi connectivity index (χ1v) is 9.56. The molecule has 2 amide bonds. The number of piperidine rings is 1. The van der Waals surface area contributed by atoms with Crippen LogP contribution in [0.4, 0.5) is 10.5 Å². The fraction of sp³-hybridized carbons (Fsp3) is 0.429. The van der Waals surface area contributed by atoms with E-state index in [-0.39, 0.29) is 6.03 Å². The number of nitrogens with one attached hydrogen (secondary N) is 1. The van der Waals surface area contributed by atoms with Crippen LogP contribution in [0, 0.1) is 0 Å². The van der Waals surface area contributed by atoms with Crippen molar-refractivity contribution >= 4 is 11.7 Å². The summed E-state index contributed by atoms with van der Waals surface area (Å²) in [6.07, 6.45) is 5.57. The molecule has 1 fully saturated rings. The number of anilines is 1. The lowest BCUT2D eigenvalue weighted by molar-refractivity contribution is 0.118. The van der Waals surface area contributed by atoms with E-state index in [9.17, 15) is 4.79 Å². The number of carbonyl (C=O) groups is 1. The van der Waals surface area contributed by atoms with E-state index in [1.165, 1.54) is 5.56 Å². The Morgan fingerprint density at radius 3 is 2.58 bits per heavy atom. The molecule has 0 aliphatic carbocycles. The number of hydrogen-bond acceptors (Lipinski definition) is 3. The van der Waals surface area contributed by atoms with Gasteiger partial charge in [0.15, 0.2) is 0 Å². The van der Waals surface area contributed by atoms with Gasteiger partial charge in [0.2, 0.25) is 0 Å². The van der Waals surface area contributed by atoms with Crippen molar-refractivity contribution in [2.45, 2.75) is 45.8 Å². The third-order valence-corrected chi connectivity index (χ3v) is 5.00. The van der Waals surface area contributed by atoms with Crippen LogP contribution in [0.3, 0.4) is 0 Å². The number of pyridine rings is 1. The van der Waals surface area contributed by atoms with Crippen molar-refractivity contribution in [1.82, 2.24) is 14.8 Å². The number of rotatable bonds is 3. The summed E-state index contributed by atoms with van der Waals surface area (Å²) >= 11 is 0. The first kappa shape index (κ1) is 18.4. The molecule has 2 aromatic rings. The van der Waals surface area contributed by atoms with E-state index in [0.29, 0.717) is 12.6 Å². The highest BCUT2D eigenvalue weighted by molar-refractivity contribution is 5.92. The Kier molecular flexibility index (Phi) is 6.23. The van der Waals surface area contributed by atoms with Crippen LogP contribution in [0.25, 0.3) is 0 Å². The number of urea groups is 1. The number of fused-ring (bicyclic) bond motifs is 1. The number of hydrogen-bond donors (Lipinski definition) is 1. The SMILES string of the molecule is CC.O=C1Nc2cnccc2CN1C1CCN(Cc2ccccc2)CC1. The average Bonchev–Trinajstić information content (AvgIpc) is 2.70. The summed E-state index contributed by atoms with van der Waals surface area (Å²) in [5.74, 6) is 0. The van der Waals surface area contributed by atoms with Gasteiger partial charge in [0, 0.05) is 38.4 Å². The first-order chi connectivity index (χ1) is 12.8. The molecule has 0 atom stereocenters. The second-order valence-electron chi connectivity index (χ2n) is 6.58. The summed E-state index contributed by atoms with van der Waals surface area (Å²) in [6, 6.07) is 12.9. The third kappa shape index (κ3) is 4.22. The molecular formula is C21H28N4O. The fourth-order valence-corrected chi connectivity index (χ4v) is 3.64. The minimum atomic E-state index is 0.0111. The number of likely N-dealkylation sites (tertiary alicyclic amines) is 1. The van der Waals surface area contributed by atoms with Crippen molar-refractivity contribution in [3.63, 3.8) is 0 Å². The molecule has 1 aromatic heterocycles. The second-order valence-corrected chi connectivity index (χ2v) is 6.58. The molecule has 2 aliphatic rings. The lowest BCUT2D eigenvalue weighted by Crippen LogP contribution is -2.50. The van der Waals surface area contributed by atoms with Crippen molar-refractivity contribution < 1.29 is 4.79 Å². The van der Waals surface area contributed by atoms with Gasteiger partial charge in [0.1, 0.15) is 0 Å². The van der Waals surface area contributed by atoms with Crippen LogP contribution in [0.15, 0.2) is 48.8 Å². The van der Waals surface area contributed by atoms with Crippen molar-refractivity contribution in [3.8, 4) is 0 Å². The Hall–Kier alpha value is -2.40. The summed E-state index contributed by atoms with van der Waals surface area (Å²) in [6.45, 7) is 7.75. The monoisotopic (exact) mass is 352 g/mol. The zero-order valence-electron chi connectivity index (χ0n) is 15.7. The molecule has 3 heterocycles. The predicted octanol–water partition coefficient (Wildman–Crippen LogP) is 4.12. The van der Waals surface area contributed by atoms with Crippen LogP contribution < -0.4 is 5.32 Å². The van der Waals surface area contributed by atoms with Crippen molar-refractivity contribution in [3.05, 3.63) is 59.9 Å². The predicted molar refractivity (Wildman–Crippen MR) is 105 cm³/mol. The highest BCUT2D eigenvalue weighted by Crippen LogP contribution is 2.27. The van der Waals surface area contributed by atoms with E-state index in [4.69, 9.17) is 0 Å². The molecular weight excluding hydrogens is 324 g/mol. The van der Waals surface area contributed by atoms with Crippen molar-refractivity contribution in [2.75, 3.05) is 18.4 Å². The lowest BCUT2D eigenvalue weighted by Gasteiger charge is -2.40. The maximum atomic E-state index is 12.4. The van der Waals surface area contributed by atoms with Crippen LogP contribution >= 0.6 is 0 Å². The van der Waals surface area contributed by atoms with Gasteiger partial charge in [-0.05, 0) is 30.0 Å². The number of amides is 2. The van der Waals surface area contributed by atoms with Crippen LogP contribution in [-0.2, 0) is 13.1 Å². The summed E-state index contributed by atoms with van der Waals surface area (Å²) < 4.78 is 0. The molecule has 2 aliphatic heterocycles. The molecule has 1 aromatic carbocycles. The molecule has 0 spiro atoms. The van der Waals surface area contributed by atoms with Gasteiger partial charge in [-0.1, -0.05) is 44.2 Å². The minimum absolute atomic E-state index is 0.0111. The Labute approximate surface area is 156 Å². The number of benzene rings is 1. The normalized spacial score (nSPS) is 17.8. The van der Waals surface area contributed by atoms with Crippen molar-refractivity contribution in [2.24, 2.45) is 0 Å². The highest BCUT2D eigenvalue weighted by atomic mass is 16.2. The zero-order valence-corrected chi connectivity index (χ0v) is 15.7. The Morgan fingerprint density at radius 2 is 1.85 bits per heavy atom. The maximum absolute atomic E-state index is 12.4. The van der Waals surface area contributed by atoms with Gasteiger partial charge in [-0.25, -0.2) is 4.79 Å². The first-order valence-electron chi connectivity index (χ1n) is 9.56. The fourth-order valence-electron chi connectivity index (χ4n) is 3.64. The van der Waals surface area contributed by atoms with Gasteiger partial charge < -0.3 is 10.2 Å². The Morgan fingerprint density at radius 1 is 1.12 bits per heavy atom. The Bertz CT molecular complexity index is 711.